The van der Waals surface area contributed by atoms with Gasteiger partial charge in [0.15, 0.2) is 11.5 Å². The van der Waals surface area contributed by atoms with Crippen LogP contribution in [0.5, 0.6) is 11.5 Å². The summed E-state index contributed by atoms with van der Waals surface area (Å²) in [5, 5.41) is 5.41. The number of aromatic nitrogens is 1. The Morgan fingerprint density at radius 1 is 1.38 bits per heavy atom. The molecule has 6 heteroatoms. The van der Waals surface area contributed by atoms with Crippen LogP contribution in [-0.2, 0) is 4.74 Å². The number of ether oxygens (including phenoxy) is 3. The van der Waals surface area contributed by atoms with Crippen molar-refractivity contribution in [3.05, 3.63) is 24.4 Å². The molecule has 0 radical (unpaired) electrons. The number of benzene rings is 1. The number of hydrogen-bond donors (Lipinski definition) is 2. The topological polar surface area (TPSA) is 78.6 Å². The van der Waals surface area contributed by atoms with Gasteiger partial charge in [-0.2, -0.15) is 0 Å². The molecule has 1 unspecified atom stereocenters. The molecule has 0 saturated carbocycles. The van der Waals surface area contributed by atoms with Gasteiger partial charge in [-0.05, 0) is 30.0 Å². The summed E-state index contributed by atoms with van der Waals surface area (Å²) in [6, 6.07) is 5.92. The van der Waals surface area contributed by atoms with E-state index in [1.807, 2.05) is 18.2 Å². The molecule has 2 heterocycles. The smallest absolute Gasteiger partial charge is 0.231 e. The van der Waals surface area contributed by atoms with Crippen molar-refractivity contribution in [2.24, 2.45) is 5.73 Å². The van der Waals surface area contributed by atoms with E-state index in [4.69, 9.17) is 19.9 Å². The molecule has 1 aromatic carbocycles. The summed E-state index contributed by atoms with van der Waals surface area (Å²) in [5.41, 5.74) is 5.91. The number of nitrogens with zero attached hydrogens (tertiary/aromatic N) is 1. The fourth-order valence-corrected chi connectivity index (χ4v) is 2.38. The predicted octanol–water partition coefficient (Wildman–Crippen LogP) is 1.74. The van der Waals surface area contributed by atoms with Gasteiger partial charge in [-0.1, -0.05) is 0 Å². The molecule has 1 aliphatic rings. The fourth-order valence-electron chi connectivity index (χ4n) is 2.38. The number of fused-ring (bicyclic) bond motifs is 2. The fraction of sp³-hybridized carbons (Fsp3) is 0.400. The summed E-state index contributed by atoms with van der Waals surface area (Å²) in [4.78, 5) is 4.40. The zero-order chi connectivity index (χ0) is 14.7. The molecule has 1 atom stereocenters. The average molecular weight is 289 g/mol. The van der Waals surface area contributed by atoms with Gasteiger partial charge >= 0.3 is 0 Å². The van der Waals surface area contributed by atoms with Gasteiger partial charge in [0, 0.05) is 31.3 Å². The monoisotopic (exact) mass is 289 g/mol. The number of methoxy groups -OCH3 is 1. The second kappa shape index (κ2) is 6.15. The Hall–Kier alpha value is -2.05. The van der Waals surface area contributed by atoms with Crippen molar-refractivity contribution in [3.63, 3.8) is 0 Å². The van der Waals surface area contributed by atoms with Crippen LogP contribution in [0.15, 0.2) is 24.4 Å². The van der Waals surface area contributed by atoms with Crippen LogP contribution >= 0.6 is 0 Å². The number of rotatable bonds is 6. The molecule has 0 fully saturated rings. The van der Waals surface area contributed by atoms with Gasteiger partial charge in [0.05, 0.1) is 6.61 Å². The SMILES string of the molecule is COCC(N)CCNc1nccc2cc3c(cc12)OCO3. The second-order valence-electron chi connectivity index (χ2n) is 5.02. The number of nitrogens with two attached hydrogens (primary N) is 1. The lowest BCUT2D eigenvalue weighted by Gasteiger charge is -2.12. The Labute approximate surface area is 123 Å². The lowest BCUT2D eigenvalue weighted by Crippen LogP contribution is -2.28. The maximum atomic E-state index is 5.91. The van der Waals surface area contributed by atoms with E-state index < -0.39 is 0 Å². The van der Waals surface area contributed by atoms with Crippen LogP contribution in [0.1, 0.15) is 6.42 Å². The number of hydrogen-bond acceptors (Lipinski definition) is 6. The highest BCUT2D eigenvalue weighted by Crippen LogP contribution is 2.37. The van der Waals surface area contributed by atoms with Gasteiger partial charge in [-0.15, -0.1) is 0 Å². The molecule has 3 rings (SSSR count). The van der Waals surface area contributed by atoms with E-state index in [1.165, 1.54) is 0 Å². The third kappa shape index (κ3) is 3.01. The van der Waals surface area contributed by atoms with Crippen LogP contribution in [0.3, 0.4) is 0 Å². The van der Waals surface area contributed by atoms with E-state index in [1.54, 1.807) is 13.3 Å². The van der Waals surface area contributed by atoms with Crippen LogP contribution in [-0.4, -0.2) is 38.1 Å². The first-order valence-corrected chi connectivity index (χ1v) is 6.94. The highest BCUT2D eigenvalue weighted by molar-refractivity contribution is 5.94. The maximum absolute atomic E-state index is 5.91. The standard InChI is InChI=1S/C15H19N3O3/c1-19-8-11(16)3-5-18-15-12-7-14-13(20-9-21-14)6-10(12)2-4-17-15/h2,4,6-7,11H,3,5,8-9,16H2,1H3,(H,17,18). The summed E-state index contributed by atoms with van der Waals surface area (Å²) >= 11 is 0. The number of anilines is 1. The quantitative estimate of drug-likeness (QED) is 0.843. The molecule has 0 aliphatic carbocycles. The molecule has 112 valence electrons. The molecule has 21 heavy (non-hydrogen) atoms. The predicted molar refractivity (Wildman–Crippen MR) is 80.8 cm³/mol. The van der Waals surface area contributed by atoms with Crippen molar-refractivity contribution in [1.82, 2.24) is 4.98 Å². The molecule has 0 spiro atoms. The lowest BCUT2D eigenvalue weighted by molar-refractivity contribution is 0.174. The molecule has 3 N–H and O–H groups in total. The molecule has 0 bridgehead atoms. The minimum absolute atomic E-state index is 0.0263. The minimum Gasteiger partial charge on any atom is -0.454 e. The molecule has 0 saturated heterocycles. The van der Waals surface area contributed by atoms with Crippen LogP contribution in [0.2, 0.25) is 0 Å². The zero-order valence-electron chi connectivity index (χ0n) is 12.0. The van der Waals surface area contributed by atoms with Crippen LogP contribution in [0.25, 0.3) is 10.8 Å². The van der Waals surface area contributed by atoms with E-state index in [0.717, 1.165) is 41.1 Å². The van der Waals surface area contributed by atoms with Crippen molar-refractivity contribution < 1.29 is 14.2 Å². The summed E-state index contributed by atoms with van der Waals surface area (Å²) in [7, 11) is 1.65. The normalized spacial score (nSPS) is 14.4. The second-order valence-corrected chi connectivity index (χ2v) is 5.02. The van der Waals surface area contributed by atoms with E-state index in [9.17, 15) is 0 Å². The maximum Gasteiger partial charge on any atom is 0.231 e. The first-order valence-electron chi connectivity index (χ1n) is 6.94. The van der Waals surface area contributed by atoms with Crippen LogP contribution < -0.4 is 20.5 Å². The molecule has 1 aliphatic heterocycles. The van der Waals surface area contributed by atoms with E-state index in [0.29, 0.717) is 6.61 Å². The van der Waals surface area contributed by atoms with E-state index in [-0.39, 0.29) is 12.8 Å². The van der Waals surface area contributed by atoms with Gasteiger partial charge in [-0.25, -0.2) is 4.98 Å². The van der Waals surface area contributed by atoms with Crippen LogP contribution in [0, 0.1) is 0 Å². The van der Waals surface area contributed by atoms with Crippen molar-refractivity contribution in [3.8, 4) is 11.5 Å². The Bertz CT molecular complexity index is 633. The minimum atomic E-state index is 0.0263. The third-order valence-electron chi connectivity index (χ3n) is 3.45. The highest BCUT2D eigenvalue weighted by Gasteiger charge is 2.15. The van der Waals surface area contributed by atoms with Crippen molar-refractivity contribution in [2.45, 2.75) is 12.5 Å². The zero-order valence-corrected chi connectivity index (χ0v) is 12.0. The summed E-state index contributed by atoms with van der Waals surface area (Å²) in [6.07, 6.45) is 2.60. The molecule has 2 aromatic rings. The first kappa shape index (κ1) is 13.9. The summed E-state index contributed by atoms with van der Waals surface area (Å²) < 4.78 is 15.8. The van der Waals surface area contributed by atoms with E-state index >= 15 is 0 Å². The van der Waals surface area contributed by atoms with Crippen molar-refractivity contribution in [2.75, 3.05) is 32.4 Å². The molecule has 0 amide bonds. The van der Waals surface area contributed by atoms with E-state index in [2.05, 4.69) is 10.3 Å². The van der Waals surface area contributed by atoms with Gasteiger partial charge < -0.3 is 25.3 Å². The lowest BCUT2D eigenvalue weighted by atomic mass is 10.1. The molecule has 6 nitrogen and oxygen atoms in total. The Balaban J connectivity index is 1.76. The van der Waals surface area contributed by atoms with Gasteiger partial charge in [0.1, 0.15) is 5.82 Å². The Morgan fingerprint density at radius 2 is 2.19 bits per heavy atom. The van der Waals surface area contributed by atoms with Gasteiger partial charge in [0.2, 0.25) is 6.79 Å². The Kier molecular flexibility index (Phi) is 4.08. The van der Waals surface area contributed by atoms with Crippen LogP contribution in [0.4, 0.5) is 5.82 Å². The molecular formula is C15H19N3O3. The van der Waals surface area contributed by atoms with Crippen molar-refractivity contribution in [1.29, 1.82) is 0 Å². The summed E-state index contributed by atoms with van der Waals surface area (Å²) in [5.74, 6) is 2.37. The average Bonchev–Trinajstić information content (AvgIpc) is 2.93. The van der Waals surface area contributed by atoms with Gasteiger partial charge in [-0.3, -0.25) is 0 Å². The number of nitrogens with one attached hydrogen (secondary N) is 1. The third-order valence-corrected chi connectivity index (χ3v) is 3.45. The first-order chi connectivity index (χ1) is 10.3. The summed E-state index contributed by atoms with van der Waals surface area (Å²) in [6.45, 7) is 1.57. The molecule has 1 aromatic heterocycles. The van der Waals surface area contributed by atoms with Gasteiger partial charge in [0.25, 0.3) is 0 Å². The largest absolute Gasteiger partial charge is 0.454 e. The Morgan fingerprint density at radius 3 is 3.00 bits per heavy atom. The number of pyridine rings is 1. The molecular weight excluding hydrogens is 270 g/mol. The highest BCUT2D eigenvalue weighted by atomic mass is 16.7. The van der Waals surface area contributed by atoms with Crippen molar-refractivity contribution >= 4 is 16.6 Å².